The Balaban J connectivity index is 2.32. The van der Waals surface area contributed by atoms with Crippen LogP contribution in [0.3, 0.4) is 0 Å². The minimum atomic E-state index is -0.853. The third-order valence-electron chi connectivity index (χ3n) is 3.27. The van der Waals surface area contributed by atoms with Gasteiger partial charge in [0.05, 0.1) is 10.8 Å². The lowest BCUT2D eigenvalue weighted by atomic mass is 9.88. The van der Waals surface area contributed by atoms with Crippen molar-refractivity contribution in [3.63, 3.8) is 0 Å². The number of aryl methyl sites for hydroxylation is 1. The number of rotatable bonds is 7. The molecule has 2 nitrogen and oxygen atoms in total. The number of nitrogens with two attached hydrogens (primary N) is 1. The number of benzene rings is 1. The van der Waals surface area contributed by atoms with Crippen LogP contribution < -0.4 is 5.73 Å². The second-order valence-electron chi connectivity index (χ2n) is 5.69. The van der Waals surface area contributed by atoms with Crippen molar-refractivity contribution in [1.82, 2.24) is 0 Å². The van der Waals surface area contributed by atoms with Gasteiger partial charge in [-0.1, -0.05) is 38.0 Å². The molecule has 0 heterocycles. The van der Waals surface area contributed by atoms with Crippen LogP contribution >= 0.6 is 0 Å². The summed E-state index contributed by atoms with van der Waals surface area (Å²) in [5, 5.41) is 0. The Morgan fingerprint density at radius 3 is 2.33 bits per heavy atom. The fraction of sp³-hybridized carbons (Fsp3) is 0.600. The minimum Gasteiger partial charge on any atom is -0.330 e. The highest BCUT2D eigenvalue weighted by atomic mass is 32.2. The summed E-state index contributed by atoms with van der Waals surface area (Å²) in [5.74, 6) is 0.754. The van der Waals surface area contributed by atoms with E-state index in [0.717, 1.165) is 29.9 Å². The van der Waals surface area contributed by atoms with Gasteiger partial charge in [-0.2, -0.15) is 0 Å². The van der Waals surface area contributed by atoms with Gasteiger partial charge < -0.3 is 5.73 Å². The monoisotopic (exact) mass is 267 g/mol. The van der Waals surface area contributed by atoms with Crippen LogP contribution in [0.25, 0.3) is 0 Å². The number of hydrogen-bond donors (Lipinski definition) is 1. The molecular formula is C15H25NOS. The highest BCUT2D eigenvalue weighted by Gasteiger charge is 2.14. The zero-order valence-corrected chi connectivity index (χ0v) is 12.6. The predicted octanol–water partition coefficient (Wildman–Crippen LogP) is 3.26. The van der Waals surface area contributed by atoms with Crippen LogP contribution in [0.2, 0.25) is 0 Å². The molecule has 1 atom stereocenters. The Kier molecular flexibility index (Phi) is 6.03. The Morgan fingerprint density at radius 1 is 1.17 bits per heavy atom. The molecule has 0 amide bonds. The third-order valence-corrected chi connectivity index (χ3v) is 4.73. The molecule has 0 aliphatic carbocycles. The lowest BCUT2D eigenvalue weighted by Gasteiger charge is -2.21. The highest BCUT2D eigenvalue weighted by molar-refractivity contribution is 7.85. The van der Waals surface area contributed by atoms with Gasteiger partial charge in [-0.3, -0.25) is 4.21 Å². The molecule has 0 fully saturated rings. The van der Waals surface area contributed by atoms with Crippen LogP contribution in [0, 0.1) is 12.3 Å². The van der Waals surface area contributed by atoms with Gasteiger partial charge in [0.25, 0.3) is 0 Å². The summed E-state index contributed by atoms with van der Waals surface area (Å²) in [4.78, 5) is 0.943. The fourth-order valence-corrected chi connectivity index (χ4v) is 2.89. The predicted molar refractivity (Wildman–Crippen MR) is 79.1 cm³/mol. The molecule has 0 aliphatic rings. The van der Waals surface area contributed by atoms with Crippen LogP contribution in [0.1, 0.15) is 38.7 Å². The van der Waals surface area contributed by atoms with E-state index in [0.29, 0.717) is 6.54 Å². The molecule has 18 heavy (non-hydrogen) atoms. The molecule has 0 aliphatic heterocycles. The maximum Gasteiger partial charge on any atom is 0.0529 e. The van der Waals surface area contributed by atoms with Gasteiger partial charge in [-0.05, 0) is 43.9 Å². The van der Waals surface area contributed by atoms with Crippen LogP contribution in [0.15, 0.2) is 29.2 Å². The molecule has 1 rings (SSSR count). The Morgan fingerprint density at radius 2 is 1.78 bits per heavy atom. The van der Waals surface area contributed by atoms with Crippen LogP contribution in [0.5, 0.6) is 0 Å². The summed E-state index contributed by atoms with van der Waals surface area (Å²) in [6.07, 6.45) is 3.21. The quantitative estimate of drug-likeness (QED) is 0.771. The average Bonchev–Trinajstić information content (AvgIpc) is 2.35. The summed E-state index contributed by atoms with van der Waals surface area (Å²) >= 11 is 0. The van der Waals surface area contributed by atoms with Gasteiger partial charge >= 0.3 is 0 Å². The van der Waals surface area contributed by atoms with Crippen molar-refractivity contribution in [2.24, 2.45) is 11.1 Å². The SMILES string of the molecule is Cc1ccc(S(=O)CCCCC(C)(C)CN)cc1. The lowest BCUT2D eigenvalue weighted by Crippen LogP contribution is -2.23. The molecule has 0 saturated carbocycles. The van der Waals surface area contributed by atoms with E-state index in [2.05, 4.69) is 13.8 Å². The van der Waals surface area contributed by atoms with E-state index in [1.807, 2.05) is 31.2 Å². The molecule has 0 saturated heterocycles. The van der Waals surface area contributed by atoms with Crippen LogP contribution in [0.4, 0.5) is 0 Å². The Bertz CT molecular complexity index is 384. The molecule has 0 bridgehead atoms. The second-order valence-corrected chi connectivity index (χ2v) is 7.26. The average molecular weight is 267 g/mol. The van der Waals surface area contributed by atoms with E-state index in [1.54, 1.807) is 0 Å². The molecular weight excluding hydrogens is 242 g/mol. The number of hydrogen-bond acceptors (Lipinski definition) is 2. The van der Waals surface area contributed by atoms with Crippen molar-refractivity contribution in [3.05, 3.63) is 29.8 Å². The van der Waals surface area contributed by atoms with Gasteiger partial charge in [0.1, 0.15) is 0 Å². The minimum absolute atomic E-state index is 0.214. The molecule has 102 valence electrons. The van der Waals surface area contributed by atoms with Crippen molar-refractivity contribution in [2.75, 3.05) is 12.3 Å². The molecule has 0 radical (unpaired) electrons. The maximum absolute atomic E-state index is 12.0. The van der Waals surface area contributed by atoms with E-state index in [9.17, 15) is 4.21 Å². The van der Waals surface area contributed by atoms with Gasteiger partial charge in [0.15, 0.2) is 0 Å². The molecule has 2 N–H and O–H groups in total. The standard InChI is InChI=1S/C15H25NOS/c1-13-6-8-14(9-7-13)18(17)11-5-4-10-15(2,3)12-16/h6-9H,4-5,10-12,16H2,1-3H3. The maximum atomic E-state index is 12.0. The van der Waals surface area contributed by atoms with E-state index >= 15 is 0 Å². The van der Waals surface area contributed by atoms with Gasteiger partial charge in [0.2, 0.25) is 0 Å². The molecule has 3 heteroatoms. The summed E-state index contributed by atoms with van der Waals surface area (Å²) in [7, 11) is -0.853. The van der Waals surface area contributed by atoms with Crippen molar-refractivity contribution in [2.45, 2.75) is 44.9 Å². The summed E-state index contributed by atoms with van der Waals surface area (Å²) in [5.41, 5.74) is 7.12. The second kappa shape index (κ2) is 7.05. The molecule has 1 unspecified atom stereocenters. The largest absolute Gasteiger partial charge is 0.330 e. The summed E-state index contributed by atoms with van der Waals surface area (Å²) in [6.45, 7) is 7.13. The van der Waals surface area contributed by atoms with Crippen molar-refractivity contribution >= 4 is 10.8 Å². The third kappa shape index (κ3) is 5.32. The molecule has 0 aromatic heterocycles. The smallest absolute Gasteiger partial charge is 0.0529 e. The zero-order valence-electron chi connectivity index (χ0n) is 11.7. The van der Waals surface area contributed by atoms with Crippen molar-refractivity contribution in [1.29, 1.82) is 0 Å². The lowest BCUT2D eigenvalue weighted by molar-refractivity contribution is 0.336. The van der Waals surface area contributed by atoms with E-state index in [-0.39, 0.29) is 5.41 Å². The molecule has 1 aromatic carbocycles. The summed E-state index contributed by atoms with van der Waals surface area (Å²) < 4.78 is 12.0. The van der Waals surface area contributed by atoms with Crippen molar-refractivity contribution < 1.29 is 4.21 Å². The first-order chi connectivity index (χ1) is 8.44. The van der Waals surface area contributed by atoms with Crippen molar-refractivity contribution in [3.8, 4) is 0 Å². The van der Waals surface area contributed by atoms with E-state index in [4.69, 9.17) is 5.73 Å². The first kappa shape index (κ1) is 15.4. The topological polar surface area (TPSA) is 43.1 Å². The summed E-state index contributed by atoms with van der Waals surface area (Å²) in [6, 6.07) is 7.97. The zero-order chi connectivity index (χ0) is 13.6. The van der Waals surface area contributed by atoms with Crippen LogP contribution in [-0.2, 0) is 10.8 Å². The van der Waals surface area contributed by atoms with Gasteiger partial charge in [0, 0.05) is 10.6 Å². The normalized spacial score (nSPS) is 13.6. The Hall–Kier alpha value is -0.670. The van der Waals surface area contributed by atoms with E-state index in [1.165, 1.54) is 5.56 Å². The first-order valence-electron chi connectivity index (χ1n) is 6.60. The Labute approximate surface area is 113 Å². The van der Waals surface area contributed by atoms with Gasteiger partial charge in [-0.15, -0.1) is 0 Å². The molecule has 0 spiro atoms. The van der Waals surface area contributed by atoms with E-state index < -0.39 is 10.8 Å². The fourth-order valence-electron chi connectivity index (χ4n) is 1.75. The van der Waals surface area contributed by atoms with Gasteiger partial charge in [-0.25, -0.2) is 0 Å². The molecule has 1 aromatic rings. The highest BCUT2D eigenvalue weighted by Crippen LogP contribution is 2.21. The van der Waals surface area contributed by atoms with Crippen LogP contribution in [-0.4, -0.2) is 16.5 Å². The number of unbranched alkanes of at least 4 members (excludes halogenated alkanes) is 1. The first-order valence-corrected chi connectivity index (χ1v) is 7.92.